The Morgan fingerprint density at radius 2 is 2.00 bits per heavy atom. The molecule has 3 rings (SSSR count). The molecule has 136 valence electrons. The molecule has 1 N–H and O–H groups in total. The van der Waals surface area contributed by atoms with Gasteiger partial charge >= 0.3 is 0 Å². The van der Waals surface area contributed by atoms with Gasteiger partial charge in [-0.15, -0.1) is 0 Å². The molecule has 0 radical (unpaired) electrons. The van der Waals surface area contributed by atoms with Crippen LogP contribution in [0.4, 0.5) is 0 Å². The molecule has 1 atom stereocenters. The number of hydrogen-bond acceptors (Lipinski definition) is 4. The maximum Gasteiger partial charge on any atom is 0.225 e. The van der Waals surface area contributed by atoms with Crippen LogP contribution in [0.25, 0.3) is 0 Å². The molecule has 1 saturated heterocycles. The lowest BCUT2D eigenvalue weighted by molar-refractivity contribution is -0.129. The largest absolute Gasteiger partial charge is 0.355 e. The van der Waals surface area contributed by atoms with Crippen molar-refractivity contribution in [3.05, 3.63) is 30.1 Å². The van der Waals surface area contributed by atoms with Gasteiger partial charge in [-0.3, -0.25) is 14.6 Å². The third kappa shape index (κ3) is 5.46. The van der Waals surface area contributed by atoms with E-state index in [1.54, 1.807) is 17.3 Å². The zero-order chi connectivity index (χ0) is 17.5. The van der Waals surface area contributed by atoms with Crippen LogP contribution >= 0.6 is 11.8 Å². The first-order valence-electron chi connectivity index (χ1n) is 9.28. The summed E-state index contributed by atoms with van der Waals surface area (Å²) >= 11 is 1.99. The van der Waals surface area contributed by atoms with Gasteiger partial charge in [0.2, 0.25) is 11.8 Å². The summed E-state index contributed by atoms with van der Waals surface area (Å²) in [6, 6.07) is 3.81. The van der Waals surface area contributed by atoms with Crippen LogP contribution < -0.4 is 5.32 Å². The molecule has 5 nitrogen and oxygen atoms in total. The number of nitrogens with zero attached hydrogens (tertiary/aromatic N) is 2. The predicted octanol–water partition coefficient (Wildman–Crippen LogP) is 2.61. The molecule has 0 aromatic carbocycles. The van der Waals surface area contributed by atoms with E-state index in [0.717, 1.165) is 16.6 Å². The smallest absolute Gasteiger partial charge is 0.225 e. The van der Waals surface area contributed by atoms with Crippen LogP contribution in [-0.4, -0.2) is 45.8 Å². The van der Waals surface area contributed by atoms with Crippen LogP contribution in [0.2, 0.25) is 0 Å². The molecular weight excluding hydrogens is 334 g/mol. The number of amides is 2. The van der Waals surface area contributed by atoms with E-state index >= 15 is 0 Å². The van der Waals surface area contributed by atoms with E-state index in [-0.39, 0.29) is 17.7 Å². The summed E-state index contributed by atoms with van der Waals surface area (Å²) in [4.78, 5) is 30.2. The molecule has 1 aromatic heterocycles. The first-order chi connectivity index (χ1) is 12.2. The van der Waals surface area contributed by atoms with Crippen molar-refractivity contribution < 1.29 is 9.59 Å². The van der Waals surface area contributed by atoms with Crippen molar-refractivity contribution in [1.82, 2.24) is 15.2 Å². The monoisotopic (exact) mass is 361 g/mol. The highest BCUT2D eigenvalue weighted by Crippen LogP contribution is 2.27. The number of nitrogens with one attached hydrogen (secondary N) is 1. The van der Waals surface area contributed by atoms with Crippen molar-refractivity contribution in [1.29, 1.82) is 0 Å². The third-order valence-corrected chi connectivity index (χ3v) is 6.40. The molecule has 0 bridgehead atoms. The Bertz CT molecular complexity index is 575. The van der Waals surface area contributed by atoms with E-state index in [1.807, 2.05) is 23.9 Å². The lowest BCUT2D eigenvalue weighted by atomic mass is 10.0. The van der Waals surface area contributed by atoms with Gasteiger partial charge in [-0.25, -0.2) is 0 Å². The highest BCUT2D eigenvalue weighted by molar-refractivity contribution is 7.99. The summed E-state index contributed by atoms with van der Waals surface area (Å²) in [5.74, 6) is 0.843. The Morgan fingerprint density at radius 1 is 1.24 bits per heavy atom. The number of carbonyl (C=O) groups is 2. The number of thioether (sulfide) groups is 1. The van der Waals surface area contributed by atoms with E-state index in [1.165, 1.54) is 32.1 Å². The Labute approximate surface area is 154 Å². The Balaban J connectivity index is 1.37. The van der Waals surface area contributed by atoms with E-state index in [9.17, 15) is 9.59 Å². The molecule has 2 aliphatic rings. The minimum Gasteiger partial charge on any atom is -0.355 e. The maximum absolute atomic E-state index is 12.3. The molecule has 2 heterocycles. The van der Waals surface area contributed by atoms with Crippen molar-refractivity contribution >= 4 is 23.6 Å². The third-order valence-electron chi connectivity index (χ3n) is 5.02. The fourth-order valence-corrected chi connectivity index (χ4v) is 4.81. The van der Waals surface area contributed by atoms with Crippen LogP contribution in [0.5, 0.6) is 0 Å². The van der Waals surface area contributed by atoms with Gasteiger partial charge in [0.05, 0.1) is 5.92 Å². The van der Waals surface area contributed by atoms with Gasteiger partial charge in [-0.05, 0) is 30.5 Å². The van der Waals surface area contributed by atoms with Crippen molar-refractivity contribution in [2.24, 2.45) is 5.92 Å². The number of hydrogen-bond donors (Lipinski definition) is 1. The van der Waals surface area contributed by atoms with Crippen LogP contribution in [0, 0.1) is 5.92 Å². The molecule has 2 amide bonds. The van der Waals surface area contributed by atoms with Gasteiger partial charge < -0.3 is 10.2 Å². The van der Waals surface area contributed by atoms with Gasteiger partial charge in [0.15, 0.2) is 0 Å². The van der Waals surface area contributed by atoms with E-state index in [0.29, 0.717) is 26.1 Å². The standard InChI is InChI=1S/C19H27N3O2S/c23-18-12-16(14-22(18)13-15-6-8-20-9-7-15)19(24)21-10-11-25-17-4-2-1-3-5-17/h6-9,16-17H,1-5,10-14H2,(H,21,24)/t16-/m0/s1. The van der Waals surface area contributed by atoms with Gasteiger partial charge in [-0.2, -0.15) is 11.8 Å². The second-order valence-corrected chi connectivity index (χ2v) is 8.36. The maximum atomic E-state index is 12.3. The summed E-state index contributed by atoms with van der Waals surface area (Å²) in [6.45, 7) is 1.78. The average molecular weight is 362 g/mol. The molecule has 1 aromatic rings. The van der Waals surface area contributed by atoms with E-state index < -0.39 is 0 Å². The number of likely N-dealkylation sites (tertiary alicyclic amines) is 1. The summed E-state index contributed by atoms with van der Waals surface area (Å²) in [6.07, 6.45) is 10.5. The second kappa shape index (κ2) is 9.22. The van der Waals surface area contributed by atoms with Gasteiger partial charge in [0, 0.05) is 49.5 Å². The molecule has 0 spiro atoms. The second-order valence-electron chi connectivity index (χ2n) is 6.95. The lowest BCUT2D eigenvalue weighted by Gasteiger charge is -2.21. The lowest BCUT2D eigenvalue weighted by Crippen LogP contribution is -2.34. The fourth-order valence-electron chi connectivity index (χ4n) is 3.59. The van der Waals surface area contributed by atoms with E-state index in [4.69, 9.17) is 0 Å². The van der Waals surface area contributed by atoms with Crippen molar-refractivity contribution in [2.45, 2.75) is 50.3 Å². The van der Waals surface area contributed by atoms with E-state index in [2.05, 4.69) is 10.3 Å². The van der Waals surface area contributed by atoms with Gasteiger partial charge in [0.1, 0.15) is 0 Å². The normalized spacial score (nSPS) is 21.5. The minimum atomic E-state index is -0.214. The highest BCUT2D eigenvalue weighted by atomic mass is 32.2. The summed E-state index contributed by atoms with van der Waals surface area (Å²) in [5.41, 5.74) is 1.05. The van der Waals surface area contributed by atoms with Gasteiger partial charge in [0.25, 0.3) is 0 Å². The van der Waals surface area contributed by atoms with Crippen LogP contribution in [0.1, 0.15) is 44.1 Å². The van der Waals surface area contributed by atoms with Crippen LogP contribution in [-0.2, 0) is 16.1 Å². The Kier molecular flexibility index (Phi) is 6.73. The molecule has 6 heteroatoms. The summed E-state index contributed by atoms with van der Waals surface area (Å²) in [7, 11) is 0. The predicted molar refractivity (Wildman–Crippen MR) is 100 cm³/mol. The zero-order valence-electron chi connectivity index (χ0n) is 14.7. The fraction of sp³-hybridized carbons (Fsp3) is 0.632. The molecular formula is C19H27N3O2S. The number of carbonyl (C=O) groups excluding carboxylic acids is 2. The SMILES string of the molecule is O=C(NCCSC1CCCCC1)[C@H]1CC(=O)N(Cc2ccncc2)C1. The highest BCUT2D eigenvalue weighted by Gasteiger charge is 2.34. The first-order valence-corrected chi connectivity index (χ1v) is 10.3. The average Bonchev–Trinajstić information content (AvgIpc) is 3.01. The van der Waals surface area contributed by atoms with Crippen molar-refractivity contribution in [2.75, 3.05) is 18.8 Å². The van der Waals surface area contributed by atoms with Crippen LogP contribution in [0.15, 0.2) is 24.5 Å². The molecule has 2 fully saturated rings. The van der Waals surface area contributed by atoms with Gasteiger partial charge in [-0.1, -0.05) is 19.3 Å². The molecule has 1 saturated carbocycles. The number of rotatable bonds is 7. The number of aromatic nitrogens is 1. The summed E-state index contributed by atoms with van der Waals surface area (Å²) < 4.78 is 0. The summed E-state index contributed by atoms with van der Waals surface area (Å²) in [5, 5.41) is 3.79. The molecule has 1 aliphatic heterocycles. The quantitative estimate of drug-likeness (QED) is 0.759. The number of pyridine rings is 1. The molecule has 1 aliphatic carbocycles. The molecule has 0 unspecified atom stereocenters. The van der Waals surface area contributed by atoms with Crippen molar-refractivity contribution in [3.63, 3.8) is 0 Å². The Morgan fingerprint density at radius 3 is 2.76 bits per heavy atom. The minimum absolute atomic E-state index is 0.0230. The van der Waals surface area contributed by atoms with Crippen molar-refractivity contribution in [3.8, 4) is 0 Å². The zero-order valence-corrected chi connectivity index (χ0v) is 15.5. The first kappa shape index (κ1) is 18.2. The topological polar surface area (TPSA) is 62.3 Å². The van der Waals surface area contributed by atoms with Crippen LogP contribution in [0.3, 0.4) is 0 Å². The Hall–Kier alpha value is -1.56. The molecule has 25 heavy (non-hydrogen) atoms.